The van der Waals surface area contributed by atoms with E-state index in [0.29, 0.717) is 24.4 Å². The van der Waals surface area contributed by atoms with Crippen molar-refractivity contribution >= 4 is 5.97 Å². The number of nitrogens with one attached hydrogen (secondary N) is 1. The van der Waals surface area contributed by atoms with Crippen LogP contribution < -0.4 is 5.32 Å². The van der Waals surface area contributed by atoms with Crippen LogP contribution in [0.1, 0.15) is 58.3 Å². The first kappa shape index (κ1) is 15.8. The van der Waals surface area contributed by atoms with Gasteiger partial charge in [-0.15, -0.1) is 0 Å². The summed E-state index contributed by atoms with van der Waals surface area (Å²) in [6, 6.07) is 1.16. The minimum absolute atomic E-state index is 0.314. The Morgan fingerprint density at radius 3 is 2.60 bits per heavy atom. The Kier molecular flexibility index (Phi) is 6.30. The number of rotatable bonds is 6. The minimum Gasteiger partial charge on any atom is -0.481 e. The predicted molar refractivity (Wildman–Crippen MR) is 80.9 cm³/mol. The third-order valence-electron chi connectivity index (χ3n) is 4.69. The van der Waals surface area contributed by atoms with Crippen LogP contribution >= 0.6 is 0 Å². The second kappa shape index (κ2) is 7.99. The van der Waals surface area contributed by atoms with Gasteiger partial charge in [0.15, 0.2) is 0 Å². The minimum atomic E-state index is -0.648. The third kappa shape index (κ3) is 5.06. The van der Waals surface area contributed by atoms with Gasteiger partial charge in [0.2, 0.25) is 0 Å². The van der Waals surface area contributed by atoms with Crippen LogP contribution in [0.15, 0.2) is 0 Å². The van der Waals surface area contributed by atoms with Gasteiger partial charge >= 0.3 is 5.97 Å². The zero-order valence-electron chi connectivity index (χ0n) is 12.8. The summed E-state index contributed by atoms with van der Waals surface area (Å²) in [6.45, 7) is 5.35. The van der Waals surface area contributed by atoms with Gasteiger partial charge in [0.25, 0.3) is 0 Å². The monoisotopic (exact) mass is 282 g/mol. The molecule has 1 saturated carbocycles. The second-order valence-corrected chi connectivity index (χ2v) is 6.66. The Balaban J connectivity index is 1.86. The summed E-state index contributed by atoms with van der Waals surface area (Å²) >= 11 is 0. The Bertz CT molecular complexity index is 303. The molecule has 1 aliphatic carbocycles. The Morgan fingerprint density at radius 2 is 1.95 bits per heavy atom. The standard InChI is InChI=1S/C16H30N2O2/c1-2-8-18-11-13(10-16(19)20)9-15(12-18)17-14-6-4-3-5-7-14/h13-15,17H,2-12H2,1H3,(H,19,20). The molecule has 1 heterocycles. The smallest absolute Gasteiger partial charge is 0.303 e. The van der Waals surface area contributed by atoms with E-state index in [1.807, 2.05) is 0 Å². The Morgan fingerprint density at radius 1 is 1.20 bits per heavy atom. The van der Waals surface area contributed by atoms with Crippen LogP contribution in [0.5, 0.6) is 0 Å². The molecule has 0 amide bonds. The van der Waals surface area contributed by atoms with Crippen molar-refractivity contribution in [2.75, 3.05) is 19.6 Å². The van der Waals surface area contributed by atoms with Crippen molar-refractivity contribution in [3.63, 3.8) is 0 Å². The Hall–Kier alpha value is -0.610. The first-order chi connectivity index (χ1) is 9.67. The van der Waals surface area contributed by atoms with Gasteiger partial charge < -0.3 is 15.3 Å². The van der Waals surface area contributed by atoms with E-state index in [9.17, 15) is 4.79 Å². The van der Waals surface area contributed by atoms with E-state index in [1.165, 1.54) is 32.1 Å². The van der Waals surface area contributed by atoms with Crippen LogP contribution in [0, 0.1) is 5.92 Å². The molecule has 1 saturated heterocycles. The third-order valence-corrected chi connectivity index (χ3v) is 4.69. The van der Waals surface area contributed by atoms with Crippen LogP contribution in [-0.4, -0.2) is 47.7 Å². The summed E-state index contributed by atoms with van der Waals surface area (Å²) in [5.74, 6) is -0.335. The van der Waals surface area contributed by atoms with E-state index >= 15 is 0 Å². The zero-order valence-corrected chi connectivity index (χ0v) is 12.8. The zero-order chi connectivity index (χ0) is 14.4. The molecule has 4 heteroatoms. The Labute approximate surface area is 122 Å². The summed E-state index contributed by atoms with van der Waals surface area (Å²) in [5, 5.41) is 12.9. The summed E-state index contributed by atoms with van der Waals surface area (Å²) in [4.78, 5) is 13.4. The fraction of sp³-hybridized carbons (Fsp3) is 0.938. The summed E-state index contributed by atoms with van der Waals surface area (Å²) < 4.78 is 0. The molecule has 0 spiro atoms. The molecule has 116 valence electrons. The number of carboxylic acid groups (broad SMARTS) is 1. The lowest BCUT2D eigenvalue weighted by molar-refractivity contribution is -0.138. The predicted octanol–water partition coefficient (Wildman–Crippen LogP) is 2.48. The van der Waals surface area contributed by atoms with Crippen LogP contribution in [0.25, 0.3) is 0 Å². The van der Waals surface area contributed by atoms with Gasteiger partial charge in [-0.05, 0) is 38.1 Å². The number of likely N-dealkylation sites (tertiary alicyclic amines) is 1. The number of hydrogen-bond acceptors (Lipinski definition) is 3. The average molecular weight is 282 g/mol. The highest BCUT2D eigenvalue weighted by atomic mass is 16.4. The van der Waals surface area contributed by atoms with Gasteiger partial charge in [0, 0.05) is 31.6 Å². The van der Waals surface area contributed by atoms with Crippen LogP contribution in [-0.2, 0) is 4.79 Å². The maximum absolute atomic E-state index is 11.0. The lowest BCUT2D eigenvalue weighted by atomic mass is 9.89. The molecule has 4 nitrogen and oxygen atoms in total. The van der Waals surface area contributed by atoms with Gasteiger partial charge in [-0.2, -0.15) is 0 Å². The highest BCUT2D eigenvalue weighted by Crippen LogP contribution is 2.23. The fourth-order valence-electron chi connectivity index (χ4n) is 3.92. The highest BCUT2D eigenvalue weighted by molar-refractivity contribution is 5.67. The molecular weight excluding hydrogens is 252 g/mol. The van der Waals surface area contributed by atoms with E-state index in [2.05, 4.69) is 17.1 Å². The van der Waals surface area contributed by atoms with Gasteiger partial charge in [-0.1, -0.05) is 26.2 Å². The summed E-state index contributed by atoms with van der Waals surface area (Å²) in [5.41, 5.74) is 0. The second-order valence-electron chi connectivity index (χ2n) is 6.66. The first-order valence-electron chi connectivity index (χ1n) is 8.37. The van der Waals surface area contributed by atoms with Crippen molar-refractivity contribution in [1.82, 2.24) is 10.2 Å². The fourth-order valence-corrected chi connectivity index (χ4v) is 3.92. The summed E-state index contributed by atoms with van der Waals surface area (Å²) in [6.07, 6.45) is 9.18. The molecule has 20 heavy (non-hydrogen) atoms. The number of hydrogen-bond donors (Lipinski definition) is 2. The van der Waals surface area contributed by atoms with E-state index in [1.54, 1.807) is 0 Å². The maximum Gasteiger partial charge on any atom is 0.303 e. The first-order valence-corrected chi connectivity index (χ1v) is 8.37. The SMILES string of the molecule is CCCN1CC(CC(=O)O)CC(NC2CCCCC2)C1. The van der Waals surface area contributed by atoms with Crippen LogP contribution in [0.4, 0.5) is 0 Å². The van der Waals surface area contributed by atoms with Crippen LogP contribution in [0.3, 0.4) is 0 Å². The van der Waals surface area contributed by atoms with Gasteiger partial charge in [-0.3, -0.25) is 4.79 Å². The number of carbonyl (C=O) groups is 1. The molecule has 2 rings (SSSR count). The topological polar surface area (TPSA) is 52.6 Å². The molecule has 1 aliphatic heterocycles. The molecule has 0 aromatic heterocycles. The number of piperidine rings is 1. The average Bonchev–Trinajstić information content (AvgIpc) is 2.39. The van der Waals surface area contributed by atoms with Gasteiger partial charge in [-0.25, -0.2) is 0 Å². The number of carboxylic acids is 1. The van der Waals surface area contributed by atoms with E-state index in [4.69, 9.17) is 5.11 Å². The molecule has 2 atom stereocenters. The molecular formula is C16H30N2O2. The van der Waals surface area contributed by atoms with Crippen LogP contribution in [0.2, 0.25) is 0 Å². The van der Waals surface area contributed by atoms with Crippen molar-refractivity contribution in [3.8, 4) is 0 Å². The highest BCUT2D eigenvalue weighted by Gasteiger charge is 2.29. The largest absolute Gasteiger partial charge is 0.481 e. The number of nitrogens with zero attached hydrogens (tertiary/aromatic N) is 1. The van der Waals surface area contributed by atoms with E-state index < -0.39 is 5.97 Å². The molecule has 0 aromatic carbocycles. The van der Waals surface area contributed by atoms with Crippen molar-refractivity contribution < 1.29 is 9.90 Å². The molecule has 2 aliphatic rings. The normalized spacial score (nSPS) is 29.4. The molecule has 0 aromatic rings. The molecule has 2 unspecified atom stereocenters. The lowest BCUT2D eigenvalue weighted by Gasteiger charge is -2.40. The van der Waals surface area contributed by atoms with E-state index in [0.717, 1.165) is 32.5 Å². The maximum atomic E-state index is 11.0. The van der Waals surface area contributed by atoms with E-state index in [-0.39, 0.29) is 0 Å². The van der Waals surface area contributed by atoms with Crippen molar-refractivity contribution in [1.29, 1.82) is 0 Å². The molecule has 2 fully saturated rings. The van der Waals surface area contributed by atoms with Crippen molar-refractivity contribution in [2.45, 2.75) is 70.4 Å². The van der Waals surface area contributed by atoms with Crippen molar-refractivity contribution in [3.05, 3.63) is 0 Å². The van der Waals surface area contributed by atoms with Gasteiger partial charge in [0.1, 0.15) is 0 Å². The number of aliphatic carboxylic acids is 1. The quantitative estimate of drug-likeness (QED) is 0.786. The van der Waals surface area contributed by atoms with Crippen molar-refractivity contribution in [2.24, 2.45) is 5.92 Å². The molecule has 2 N–H and O–H groups in total. The molecule has 0 radical (unpaired) electrons. The molecule has 0 bridgehead atoms. The lowest BCUT2D eigenvalue weighted by Crippen LogP contribution is -2.52. The van der Waals surface area contributed by atoms with Gasteiger partial charge in [0.05, 0.1) is 0 Å². The summed E-state index contributed by atoms with van der Waals surface area (Å²) in [7, 11) is 0.